The maximum Gasteiger partial charge on any atom is 0.222 e. The molecule has 24 heavy (non-hydrogen) atoms. The molecule has 1 aromatic heterocycles. The van der Waals surface area contributed by atoms with E-state index in [4.69, 9.17) is 16.3 Å². The Hall–Kier alpha value is -1.85. The Bertz CT molecular complexity index is 701. The van der Waals surface area contributed by atoms with Gasteiger partial charge < -0.3 is 14.2 Å². The van der Waals surface area contributed by atoms with Crippen molar-refractivity contribution < 1.29 is 9.53 Å². The van der Waals surface area contributed by atoms with Crippen LogP contribution in [0.25, 0.3) is 0 Å². The Morgan fingerprint density at radius 3 is 3.00 bits per heavy atom. The molecule has 0 bridgehead atoms. The molecular weight excluding hydrogens is 326 g/mol. The van der Waals surface area contributed by atoms with Crippen LogP contribution in [-0.2, 0) is 16.1 Å². The maximum absolute atomic E-state index is 12.5. The van der Waals surface area contributed by atoms with Gasteiger partial charge in [-0.1, -0.05) is 29.8 Å². The zero-order chi connectivity index (χ0) is 16.9. The number of hydrogen-bond donors (Lipinski definition) is 0. The van der Waals surface area contributed by atoms with Crippen LogP contribution in [0.4, 0.5) is 0 Å². The molecule has 5 nitrogen and oxygen atoms in total. The lowest BCUT2D eigenvalue weighted by molar-refractivity contribution is -0.139. The van der Waals surface area contributed by atoms with Crippen molar-refractivity contribution in [1.82, 2.24) is 14.5 Å². The number of aromatic nitrogens is 2. The van der Waals surface area contributed by atoms with E-state index >= 15 is 0 Å². The van der Waals surface area contributed by atoms with Crippen molar-refractivity contribution in [2.75, 3.05) is 19.7 Å². The molecule has 2 heterocycles. The van der Waals surface area contributed by atoms with Crippen LogP contribution in [0.2, 0.25) is 5.02 Å². The normalized spacial score (nSPS) is 17.9. The largest absolute Gasteiger partial charge is 0.370 e. The summed E-state index contributed by atoms with van der Waals surface area (Å²) in [5.41, 5.74) is 0.950. The summed E-state index contributed by atoms with van der Waals surface area (Å²) in [5, 5.41) is 0.687. The van der Waals surface area contributed by atoms with Gasteiger partial charge in [-0.15, -0.1) is 0 Å². The van der Waals surface area contributed by atoms with Gasteiger partial charge in [0.1, 0.15) is 11.9 Å². The van der Waals surface area contributed by atoms with Crippen molar-refractivity contribution in [3.63, 3.8) is 0 Å². The van der Waals surface area contributed by atoms with E-state index in [1.807, 2.05) is 42.3 Å². The highest BCUT2D eigenvalue weighted by Gasteiger charge is 2.26. The van der Waals surface area contributed by atoms with E-state index in [1.165, 1.54) is 0 Å². The minimum Gasteiger partial charge on any atom is -0.370 e. The monoisotopic (exact) mass is 347 g/mol. The topological polar surface area (TPSA) is 47.4 Å². The molecule has 1 aliphatic rings. The molecule has 1 amide bonds. The number of rotatable bonds is 5. The third kappa shape index (κ3) is 3.97. The van der Waals surface area contributed by atoms with Gasteiger partial charge in [-0.2, -0.15) is 0 Å². The third-order valence-corrected chi connectivity index (χ3v) is 4.73. The fourth-order valence-corrected chi connectivity index (χ4v) is 3.26. The first-order chi connectivity index (χ1) is 11.6. The average molecular weight is 348 g/mol. The average Bonchev–Trinajstić information content (AvgIpc) is 3.00. The molecule has 3 rings (SSSR count). The van der Waals surface area contributed by atoms with Crippen molar-refractivity contribution in [3.05, 3.63) is 53.1 Å². The molecule has 2 aromatic rings. The number of aryl methyl sites for hydroxylation is 2. The number of hydrogen-bond acceptors (Lipinski definition) is 3. The van der Waals surface area contributed by atoms with E-state index in [2.05, 4.69) is 9.55 Å². The van der Waals surface area contributed by atoms with Gasteiger partial charge in [0.25, 0.3) is 0 Å². The summed E-state index contributed by atoms with van der Waals surface area (Å²) in [6, 6.07) is 7.66. The van der Waals surface area contributed by atoms with Crippen molar-refractivity contribution in [2.45, 2.75) is 32.4 Å². The van der Waals surface area contributed by atoms with Crippen LogP contribution < -0.4 is 0 Å². The summed E-state index contributed by atoms with van der Waals surface area (Å²) >= 11 is 6.25. The molecule has 1 fully saturated rings. The van der Waals surface area contributed by atoms with E-state index < -0.39 is 0 Å². The molecule has 0 unspecified atom stereocenters. The zero-order valence-corrected chi connectivity index (χ0v) is 14.6. The molecule has 0 spiro atoms. The van der Waals surface area contributed by atoms with Crippen molar-refractivity contribution in [1.29, 1.82) is 0 Å². The quantitative estimate of drug-likeness (QED) is 0.834. The van der Waals surface area contributed by atoms with Gasteiger partial charge in [0.2, 0.25) is 5.91 Å². The van der Waals surface area contributed by atoms with Crippen LogP contribution in [0.5, 0.6) is 0 Å². The lowest BCUT2D eigenvalue weighted by Gasteiger charge is -2.33. The third-order valence-electron chi connectivity index (χ3n) is 4.38. The van der Waals surface area contributed by atoms with Crippen LogP contribution in [0.1, 0.15) is 30.3 Å². The summed E-state index contributed by atoms with van der Waals surface area (Å²) in [5.74, 6) is 1.15. The number of imidazole rings is 1. The smallest absolute Gasteiger partial charge is 0.222 e. The summed E-state index contributed by atoms with van der Waals surface area (Å²) in [6.45, 7) is 4.53. The predicted molar refractivity (Wildman–Crippen MR) is 92.9 cm³/mol. The van der Waals surface area contributed by atoms with Crippen LogP contribution >= 0.6 is 11.6 Å². The standard InChI is InChI=1S/C18H22ClN3O2/c1-14-20-8-10-21(14)9-4-7-18(23)22-11-12-24-17(13-22)15-5-2-3-6-16(15)19/h2-3,5-6,8,10,17H,4,7,9,11-13H2,1H3/t17-/m1/s1. The molecule has 1 saturated heterocycles. The second-order valence-electron chi connectivity index (χ2n) is 5.99. The van der Waals surface area contributed by atoms with Gasteiger partial charge in [-0.05, 0) is 19.4 Å². The molecule has 0 saturated carbocycles. The number of amides is 1. The Labute approximate surface area is 147 Å². The van der Waals surface area contributed by atoms with E-state index in [9.17, 15) is 4.79 Å². The van der Waals surface area contributed by atoms with E-state index in [1.54, 1.807) is 6.20 Å². The highest BCUT2D eigenvalue weighted by Crippen LogP contribution is 2.28. The van der Waals surface area contributed by atoms with Crippen LogP contribution in [0, 0.1) is 6.92 Å². The van der Waals surface area contributed by atoms with E-state index in [0.717, 1.165) is 24.4 Å². The fourth-order valence-electron chi connectivity index (χ4n) is 3.00. The first-order valence-electron chi connectivity index (χ1n) is 8.26. The van der Waals surface area contributed by atoms with Gasteiger partial charge in [0, 0.05) is 42.5 Å². The van der Waals surface area contributed by atoms with Crippen molar-refractivity contribution in [2.24, 2.45) is 0 Å². The fraction of sp³-hybridized carbons (Fsp3) is 0.444. The number of benzene rings is 1. The molecule has 1 atom stereocenters. The summed E-state index contributed by atoms with van der Waals surface area (Å²) in [6.07, 6.45) is 4.93. The van der Waals surface area contributed by atoms with Crippen LogP contribution in [0.3, 0.4) is 0 Å². The number of morpholine rings is 1. The van der Waals surface area contributed by atoms with Gasteiger partial charge in [-0.25, -0.2) is 4.98 Å². The number of carbonyl (C=O) groups is 1. The number of nitrogens with zero attached hydrogens (tertiary/aromatic N) is 3. The molecule has 1 aliphatic heterocycles. The van der Waals surface area contributed by atoms with Crippen LogP contribution in [-0.4, -0.2) is 40.1 Å². The molecule has 0 N–H and O–H groups in total. The predicted octanol–water partition coefficient (Wildman–Crippen LogP) is 3.23. The lowest BCUT2D eigenvalue weighted by Crippen LogP contribution is -2.42. The summed E-state index contributed by atoms with van der Waals surface area (Å²) < 4.78 is 7.88. The number of carbonyl (C=O) groups excluding carboxylic acids is 1. The number of ether oxygens (including phenoxy) is 1. The molecular formula is C18H22ClN3O2. The Morgan fingerprint density at radius 2 is 2.25 bits per heavy atom. The Kier molecular flexibility index (Phi) is 5.53. The van der Waals surface area contributed by atoms with Gasteiger partial charge >= 0.3 is 0 Å². The lowest BCUT2D eigenvalue weighted by atomic mass is 10.1. The van der Waals surface area contributed by atoms with Crippen molar-refractivity contribution >= 4 is 17.5 Å². The van der Waals surface area contributed by atoms with Gasteiger partial charge in [0.05, 0.1) is 13.2 Å². The first-order valence-corrected chi connectivity index (χ1v) is 8.64. The molecule has 1 aromatic carbocycles. The Morgan fingerprint density at radius 1 is 1.42 bits per heavy atom. The minimum atomic E-state index is -0.146. The highest BCUT2D eigenvalue weighted by atomic mass is 35.5. The van der Waals surface area contributed by atoms with Crippen molar-refractivity contribution in [3.8, 4) is 0 Å². The van der Waals surface area contributed by atoms with Crippen LogP contribution in [0.15, 0.2) is 36.7 Å². The Balaban J connectivity index is 1.53. The minimum absolute atomic E-state index is 0.146. The number of halogens is 1. The molecule has 0 aliphatic carbocycles. The maximum atomic E-state index is 12.5. The highest BCUT2D eigenvalue weighted by molar-refractivity contribution is 6.31. The molecule has 128 valence electrons. The van der Waals surface area contributed by atoms with E-state index in [0.29, 0.717) is 31.1 Å². The summed E-state index contributed by atoms with van der Waals surface area (Å²) in [7, 11) is 0. The molecule has 0 radical (unpaired) electrons. The van der Waals surface area contributed by atoms with Gasteiger partial charge in [0.15, 0.2) is 0 Å². The first kappa shape index (κ1) is 17.0. The SMILES string of the molecule is Cc1nccn1CCCC(=O)N1CCO[C@@H](c2ccccc2Cl)C1. The van der Waals surface area contributed by atoms with E-state index in [-0.39, 0.29) is 12.0 Å². The second-order valence-corrected chi connectivity index (χ2v) is 6.40. The molecule has 6 heteroatoms. The zero-order valence-electron chi connectivity index (χ0n) is 13.8. The summed E-state index contributed by atoms with van der Waals surface area (Å²) in [4.78, 5) is 18.6. The second kappa shape index (κ2) is 7.81. The van der Waals surface area contributed by atoms with Gasteiger partial charge in [-0.3, -0.25) is 4.79 Å².